The van der Waals surface area contributed by atoms with Crippen molar-refractivity contribution in [2.45, 2.75) is 13.2 Å². The lowest BCUT2D eigenvalue weighted by molar-refractivity contribution is -0.917. The molecule has 0 aliphatic carbocycles. The zero-order chi connectivity index (χ0) is 17.1. The first-order chi connectivity index (χ1) is 11.5. The number of nitrogens with zero attached hydrogens (tertiary/aromatic N) is 2. The Balaban J connectivity index is 1.76. The van der Waals surface area contributed by atoms with E-state index in [9.17, 15) is 8.78 Å². The topological polar surface area (TPSA) is 35.4 Å². The van der Waals surface area contributed by atoms with Gasteiger partial charge in [0, 0.05) is 5.56 Å². The Kier molecular flexibility index (Phi) is 4.82. The predicted molar refractivity (Wildman–Crippen MR) is 87.7 cm³/mol. The van der Waals surface area contributed by atoms with Crippen molar-refractivity contribution in [1.82, 2.24) is 9.78 Å². The van der Waals surface area contributed by atoms with E-state index in [4.69, 9.17) is 16.6 Å². The maximum absolute atomic E-state index is 13.8. The average molecular weight is 348 g/mol. The SMILES string of the molecule is C[NH+](Cc1cccc(F)c1)Cn1nc(-c2ccccc2F)oc1=S. The van der Waals surface area contributed by atoms with E-state index in [2.05, 4.69) is 5.10 Å². The summed E-state index contributed by atoms with van der Waals surface area (Å²) in [5.74, 6) is -0.529. The molecule has 0 radical (unpaired) electrons. The Labute approximate surface area is 143 Å². The second-order valence-electron chi connectivity index (χ2n) is 5.57. The number of hydrogen-bond acceptors (Lipinski definition) is 3. The predicted octanol–water partition coefficient (Wildman–Crippen LogP) is 2.82. The van der Waals surface area contributed by atoms with Crippen LogP contribution in [0.4, 0.5) is 8.78 Å². The molecule has 0 aliphatic rings. The molecule has 0 bridgehead atoms. The van der Waals surface area contributed by atoms with Gasteiger partial charge in [0.1, 0.15) is 18.2 Å². The number of quaternary nitrogens is 1. The van der Waals surface area contributed by atoms with Crippen molar-refractivity contribution in [3.8, 4) is 11.5 Å². The fraction of sp³-hybridized carbons (Fsp3) is 0.176. The molecule has 1 heterocycles. The second-order valence-corrected chi connectivity index (χ2v) is 5.92. The van der Waals surface area contributed by atoms with Crippen molar-refractivity contribution in [3.63, 3.8) is 0 Å². The summed E-state index contributed by atoms with van der Waals surface area (Å²) in [4.78, 5) is 1.21. The largest absolute Gasteiger partial charge is 0.409 e. The van der Waals surface area contributed by atoms with Gasteiger partial charge in [-0.25, -0.2) is 8.78 Å². The van der Waals surface area contributed by atoms with E-state index in [0.717, 1.165) is 10.5 Å². The normalized spacial score (nSPS) is 12.3. The molecule has 0 saturated carbocycles. The minimum Gasteiger partial charge on any atom is -0.409 e. The van der Waals surface area contributed by atoms with Gasteiger partial charge in [-0.1, -0.05) is 24.3 Å². The molecule has 0 spiro atoms. The van der Waals surface area contributed by atoms with E-state index in [1.54, 1.807) is 24.3 Å². The van der Waals surface area contributed by atoms with Crippen LogP contribution in [0.3, 0.4) is 0 Å². The Hall–Kier alpha value is -2.38. The van der Waals surface area contributed by atoms with Crippen LogP contribution in [-0.2, 0) is 13.2 Å². The van der Waals surface area contributed by atoms with Crippen LogP contribution < -0.4 is 4.90 Å². The van der Waals surface area contributed by atoms with E-state index >= 15 is 0 Å². The summed E-state index contributed by atoms with van der Waals surface area (Å²) in [6, 6.07) is 12.7. The minimum atomic E-state index is -0.415. The molecule has 0 saturated heterocycles. The van der Waals surface area contributed by atoms with Gasteiger partial charge in [0.25, 0.3) is 4.84 Å². The summed E-state index contributed by atoms with van der Waals surface area (Å²) >= 11 is 5.16. The molecule has 1 N–H and O–H groups in total. The summed E-state index contributed by atoms with van der Waals surface area (Å²) in [7, 11) is 1.93. The molecule has 3 aromatic rings. The highest BCUT2D eigenvalue weighted by atomic mass is 32.1. The fourth-order valence-corrected chi connectivity index (χ4v) is 2.64. The summed E-state index contributed by atoms with van der Waals surface area (Å²) in [6.45, 7) is 1.02. The molecule has 2 aromatic carbocycles. The van der Waals surface area contributed by atoms with Gasteiger partial charge >= 0.3 is 0 Å². The highest BCUT2D eigenvalue weighted by Gasteiger charge is 2.14. The molecule has 24 heavy (non-hydrogen) atoms. The van der Waals surface area contributed by atoms with Crippen LogP contribution in [0.15, 0.2) is 52.9 Å². The highest BCUT2D eigenvalue weighted by molar-refractivity contribution is 7.71. The number of benzene rings is 2. The molecule has 1 unspecified atom stereocenters. The summed E-state index contributed by atoms with van der Waals surface area (Å²) in [6.07, 6.45) is 0. The Morgan fingerprint density at radius 1 is 1.17 bits per heavy atom. The van der Waals surface area contributed by atoms with Crippen LogP contribution in [0.2, 0.25) is 0 Å². The first kappa shape index (κ1) is 16.5. The van der Waals surface area contributed by atoms with Gasteiger partial charge in [-0.2, -0.15) is 4.68 Å². The zero-order valence-corrected chi connectivity index (χ0v) is 13.8. The number of nitrogens with one attached hydrogen (secondary N) is 1. The van der Waals surface area contributed by atoms with E-state index in [0.29, 0.717) is 13.2 Å². The molecule has 0 aliphatic heterocycles. The number of rotatable bonds is 5. The molecular formula is C17H16F2N3OS+. The van der Waals surface area contributed by atoms with Gasteiger partial charge in [-0.15, -0.1) is 5.10 Å². The molecule has 7 heteroatoms. The van der Waals surface area contributed by atoms with Crippen LogP contribution in [0.1, 0.15) is 5.56 Å². The average Bonchev–Trinajstić information content (AvgIpc) is 2.88. The standard InChI is InChI=1S/C17H15F2N3OS/c1-21(10-12-5-4-6-13(18)9-12)11-22-17(24)23-16(20-22)14-7-2-3-8-15(14)19/h2-9H,10-11H2,1H3/p+1. The lowest BCUT2D eigenvalue weighted by atomic mass is 10.2. The summed E-state index contributed by atoms with van der Waals surface area (Å²) < 4.78 is 34.0. The van der Waals surface area contributed by atoms with Crippen LogP contribution >= 0.6 is 12.2 Å². The highest BCUT2D eigenvalue weighted by Crippen LogP contribution is 2.20. The monoisotopic (exact) mass is 348 g/mol. The summed E-state index contributed by atoms with van der Waals surface area (Å²) in [5.41, 5.74) is 1.14. The van der Waals surface area contributed by atoms with Crippen LogP contribution in [-0.4, -0.2) is 16.8 Å². The molecule has 3 rings (SSSR count). The van der Waals surface area contributed by atoms with Crippen molar-refractivity contribution in [1.29, 1.82) is 0 Å². The third-order valence-electron chi connectivity index (χ3n) is 3.53. The second kappa shape index (κ2) is 7.02. The van der Waals surface area contributed by atoms with Crippen molar-refractivity contribution in [2.75, 3.05) is 7.05 Å². The molecular weight excluding hydrogens is 332 g/mol. The minimum absolute atomic E-state index is 0.150. The van der Waals surface area contributed by atoms with Crippen molar-refractivity contribution < 1.29 is 18.1 Å². The van der Waals surface area contributed by atoms with Crippen LogP contribution in [0.25, 0.3) is 11.5 Å². The Morgan fingerprint density at radius 2 is 1.96 bits per heavy atom. The maximum Gasteiger partial charge on any atom is 0.292 e. The van der Waals surface area contributed by atoms with Crippen molar-refractivity contribution in [3.05, 3.63) is 70.6 Å². The van der Waals surface area contributed by atoms with Crippen LogP contribution in [0, 0.1) is 16.5 Å². The van der Waals surface area contributed by atoms with E-state index in [-0.39, 0.29) is 22.1 Å². The van der Waals surface area contributed by atoms with Gasteiger partial charge in [0.05, 0.1) is 12.6 Å². The maximum atomic E-state index is 13.8. The van der Waals surface area contributed by atoms with Gasteiger partial charge in [0.15, 0.2) is 6.67 Å². The molecule has 0 fully saturated rings. The zero-order valence-electron chi connectivity index (χ0n) is 13.0. The van der Waals surface area contributed by atoms with Crippen molar-refractivity contribution in [2.24, 2.45) is 0 Å². The smallest absolute Gasteiger partial charge is 0.292 e. The first-order valence-corrected chi connectivity index (χ1v) is 7.82. The van der Waals surface area contributed by atoms with E-state index in [1.165, 1.54) is 22.9 Å². The molecule has 124 valence electrons. The lowest BCUT2D eigenvalue weighted by Crippen LogP contribution is -3.07. The van der Waals surface area contributed by atoms with Gasteiger partial charge in [0.2, 0.25) is 5.89 Å². The van der Waals surface area contributed by atoms with Gasteiger partial charge < -0.3 is 9.32 Å². The van der Waals surface area contributed by atoms with Gasteiger partial charge in [-0.05, 0) is 36.5 Å². The molecule has 1 aromatic heterocycles. The quantitative estimate of drug-likeness (QED) is 0.720. The lowest BCUT2D eigenvalue weighted by Gasteiger charge is -2.13. The van der Waals surface area contributed by atoms with Crippen molar-refractivity contribution >= 4 is 12.2 Å². The fourth-order valence-electron chi connectivity index (χ4n) is 2.46. The third kappa shape index (κ3) is 3.74. The molecule has 1 atom stereocenters. The number of halogens is 2. The Bertz CT molecular complexity index is 907. The van der Waals surface area contributed by atoms with Gasteiger partial charge in [-0.3, -0.25) is 0 Å². The summed E-state index contributed by atoms with van der Waals surface area (Å²) in [5, 5.41) is 4.25. The number of hydrogen-bond donors (Lipinski definition) is 1. The first-order valence-electron chi connectivity index (χ1n) is 7.41. The van der Waals surface area contributed by atoms with E-state index < -0.39 is 5.82 Å². The Morgan fingerprint density at radius 3 is 2.71 bits per heavy atom. The number of aromatic nitrogens is 2. The van der Waals surface area contributed by atoms with E-state index in [1.807, 2.05) is 13.1 Å². The molecule has 4 nitrogen and oxygen atoms in total. The molecule has 0 amide bonds. The van der Waals surface area contributed by atoms with Crippen LogP contribution in [0.5, 0.6) is 0 Å². The third-order valence-corrected chi connectivity index (χ3v) is 3.82.